The predicted octanol–water partition coefficient (Wildman–Crippen LogP) is 1.89. The van der Waals surface area contributed by atoms with Gasteiger partial charge in [0.2, 0.25) is 0 Å². The fraction of sp³-hybridized carbons (Fsp3) is 0.429. The maximum atomic E-state index is 3.75. The van der Waals surface area contributed by atoms with Crippen LogP contribution in [-0.4, -0.2) is 12.9 Å². The molecule has 9 heavy (non-hydrogen) atoms. The molecule has 0 saturated heterocycles. The Bertz CT molecular complexity index is 134. The molecule has 0 spiro atoms. The van der Waals surface area contributed by atoms with Crippen LogP contribution in [0.25, 0.3) is 0 Å². The molecule has 0 aliphatic carbocycles. The summed E-state index contributed by atoms with van der Waals surface area (Å²) in [6.45, 7) is 11.1. The first-order valence-electron chi connectivity index (χ1n) is 2.86. The molecule has 0 aromatic heterocycles. The van der Waals surface area contributed by atoms with Crippen molar-refractivity contribution in [2.75, 3.05) is 0 Å². The molecule has 2 nitrogen and oxygen atoms in total. The molecule has 0 radical (unpaired) electrons. The van der Waals surface area contributed by atoms with E-state index in [1.54, 1.807) is 6.21 Å². The van der Waals surface area contributed by atoms with E-state index in [2.05, 4.69) is 37.3 Å². The largest absolute Gasteiger partial charge is 0.167 e. The normalized spacial score (nSPS) is 10.6. The summed E-state index contributed by atoms with van der Waals surface area (Å²) < 4.78 is 0. The van der Waals surface area contributed by atoms with Crippen LogP contribution in [0, 0.1) is 5.92 Å². The number of nitrogens with zero attached hydrogens (tertiary/aromatic N) is 2. The number of hydrogen-bond acceptors (Lipinski definition) is 2. The molecule has 0 fully saturated rings. The minimum atomic E-state index is 0.440. The fourth-order valence-corrected chi connectivity index (χ4v) is 0.264. The van der Waals surface area contributed by atoms with Crippen molar-refractivity contribution in [3.63, 3.8) is 0 Å². The summed E-state index contributed by atoms with van der Waals surface area (Å²) in [5, 5.41) is 6.90. The molecular formula is C7H12N2. The van der Waals surface area contributed by atoms with Crippen LogP contribution in [0.4, 0.5) is 0 Å². The lowest BCUT2D eigenvalue weighted by Crippen LogP contribution is -1.91. The second kappa shape index (κ2) is 4.01. The Morgan fingerprint density at radius 3 is 2.44 bits per heavy atom. The van der Waals surface area contributed by atoms with Crippen LogP contribution < -0.4 is 0 Å². The Morgan fingerprint density at radius 2 is 2.11 bits per heavy atom. The van der Waals surface area contributed by atoms with Gasteiger partial charge in [-0.2, -0.15) is 10.2 Å². The summed E-state index contributed by atoms with van der Waals surface area (Å²) in [6, 6.07) is 0. The van der Waals surface area contributed by atoms with Gasteiger partial charge in [0.25, 0.3) is 0 Å². The van der Waals surface area contributed by atoms with E-state index < -0.39 is 0 Å². The van der Waals surface area contributed by atoms with E-state index in [-0.39, 0.29) is 0 Å². The average molecular weight is 124 g/mol. The molecule has 0 N–H and O–H groups in total. The molecule has 0 saturated carbocycles. The molecule has 0 aliphatic heterocycles. The van der Waals surface area contributed by atoms with Gasteiger partial charge in [-0.15, -0.1) is 0 Å². The third-order valence-corrected chi connectivity index (χ3v) is 1.05. The summed E-state index contributed by atoms with van der Waals surface area (Å²) in [5.74, 6) is 0.440. The van der Waals surface area contributed by atoms with Crippen LogP contribution in [0.15, 0.2) is 22.4 Å². The monoisotopic (exact) mass is 124 g/mol. The van der Waals surface area contributed by atoms with E-state index in [0.717, 1.165) is 5.57 Å². The highest BCUT2D eigenvalue weighted by Crippen LogP contribution is 2.02. The van der Waals surface area contributed by atoms with Gasteiger partial charge < -0.3 is 0 Å². The molecule has 2 heteroatoms. The van der Waals surface area contributed by atoms with Gasteiger partial charge in [-0.05, 0) is 11.5 Å². The molecule has 0 heterocycles. The molecule has 0 aliphatic rings. The molecule has 0 amide bonds. The quantitative estimate of drug-likeness (QED) is 0.405. The van der Waals surface area contributed by atoms with Crippen LogP contribution in [0.1, 0.15) is 13.8 Å². The predicted molar refractivity (Wildman–Crippen MR) is 42.0 cm³/mol. The van der Waals surface area contributed by atoms with E-state index in [0.29, 0.717) is 5.92 Å². The first-order valence-corrected chi connectivity index (χ1v) is 2.86. The van der Waals surface area contributed by atoms with Gasteiger partial charge >= 0.3 is 0 Å². The maximum Gasteiger partial charge on any atom is 0.0524 e. The topological polar surface area (TPSA) is 24.7 Å². The van der Waals surface area contributed by atoms with Crippen molar-refractivity contribution < 1.29 is 0 Å². The summed E-state index contributed by atoms with van der Waals surface area (Å²) in [6.07, 6.45) is 1.62. The molecule has 0 unspecified atom stereocenters. The van der Waals surface area contributed by atoms with Crippen molar-refractivity contribution in [1.82, 2.24) is 0 Å². The molecule has 0 aromatic carbocycles. The third-order valence-electron chi connectivity index (χ3n) is 1.05. The van der Waals surface area contributed by atoms with Gasteiger partial charge in [0.05, 0.1) is 6.21 Å². The second-order valence-corrected chi connectivity index (χ2v) is 2.12. The van der Waals surface area contributed by atoms with Crippen molar-refractivity contribution in [1.29, 1.82) is 0 Å². The Hall–Kier alpha value is -0.920. The highest BCUT2D eigenvalue weighted by Gasteiger charge is 1.93. The van der Waals surface area contributed by atoms with Crippen molar-refractivity contribution in [3.05, 3.63) is 12.2 Å². The minimum absolute atomic E-state index is 0.440. The first kappa shape index (κ1) is 8.08. The van der Waals surface area contributed by atoms with Crippen LogP contribution in [0.3, 0.4) is 0 Å². The lowest BCUT2D eigenvalue weighted by atomic mass is 10.1. The van der Waals surface area contributed by atoms with Crippen LogP contribution in [0.2, 0.25) is 0 Å². The fourth-order valence-electron chi connectivity index (χ4n) is 0.264. The smallest absolute Gasteiger partial charge is 0.0524 e. The lowest BCUT2D eigenvalue weighted by molar-refractivity contribution is 0.809. The summed E-state index contributed by atoms with van der Waals surface area (Å²) in [4.78, 5) is 0. The number of hydrogen-bond donors (Lipinski definition) is 0. The molecule has 0 atom stereocenters. The summed E-state index contributed by atoms with van der Waals surface area (Å²) >= 11 is 0. The maximum absolute atomic E-state index is 3.75. The number of rotatable bonds is 3. The summed E-state index contributed by atoms with van der Waals surface area (Å²) in [5.41, 5.74) is 0.974. The zero-order valence-corrected chi connectivity index (χ0v) is 5.96. The summed E-state index contributed by atoms with van der Waals surface area (Å²) in [7, 11) is 0. The second-order valence-electron chi connectivity index (χ2n) is 2.12. The molecule has 0 aromatic rings. The van der Waals surface area contributed by atoms with Crippen LogP contribution in [0.5, 0.6) is 0 Å². The molecular weight excluding hydrogens is 112 g/mol. The van der Waals surface area contributed by atoms with E-state index in [4.69, 9.17) is 0 Å². The van der Waals surface area contributed by atoms with Crippen molar-refractivity contribution in [2.45, 2.75) is 13.8 Å². The van der Waals surface area contributed by atoms with Gasteiger partial charge in [-0.1, -0.05) is 20.4 Å². The van der Waals surface area contributed by atoms with E-state index in [1.165, 1.54) is 0 Å². The Labute approximate surface area is 56.0 Å². The molecule has 0 rings (SSSR count). The standard InChI is InChI=1S/C7H12N2/c1-6(2)7(3)5-9-8-4/h5-6H,3-4H2,1-2H3/b9-5-. The van der Waals surface area contributed by atoms with Crippen molar-refractivity contribution in [3.8, 4) is 0 Å². The van der Waals surface area contributed by atoms with Gasteiger partial charge in [-0.25, -0.2) is 0 Å². The zero-order valence-electron chi connectivity index (χ0n) is 5.96. The van der Waals surface area contributed by atoms with Gasteiger partial charge in [0.1, 0.15) is 0 Å². The minimum Gasteiger partial charge on any atom is -0.167 e. The van der Waals surface area contributed by atoms with Crippen molar-refractivity contribution in [2.24, 2.45) is 16.1 Å². The Morgan fingerprint density at radius 1 is 1.56 bits per heavy atom. The Balaban J connectivity index is 3.76. The SMILES string of the molecule is C=N/N=C\C(=C)C(C)C. The Kier molecular flexibility index (Phi) is 3.60. The highest BCUT2D eigenvalue weighted by atomic mass is 15.2. The van der Waals surface area contributed by atoms with E-state index >= 15 is 0 Å². The van der Waals surface area contributed by atoms with E-state index in [1.807, 2.05) is 0 Å². The highest BCUT2D eigenvalue weighted by molar-refractivity contribution is 5.77. The van der Waals surface area contributed by atoms with Gasteiger partial charge in [0, 0.05) is 6.72 Å². The van der Waals surface area contributed by atoms with Gasteiger partial charge in [-0.3, -0.25) is 0 Å². The van der Waals surface area contributed by atoms with Crippen LogP contribution >= 0.6 is 0 Å². The van der Waals surface area contributed by atoms with Crippen LogP contribution in [-0.2, 0) is 0 Å². The molecule has 0 bridgehead atoms. The number of allylic oxidation sites excluding steroid dienone is 1. The van der Waals surface area contributed by atoms with E-state index in [9.17, 15) is 0 Å². The molecule has 50 valence electrons. The average Bonchev–Trinajstić information content (AvgIpc) is 1.82. The first-order chi connectivity index (χ1) is 4.18. The third kappa shape index (κ3) is 3.64. The zero-order chi connectivity index (χ0) is 7.28. The van der Waals surface area contributed by atoms with Crippen molar-refractivity contribution >= 4 is 12.9 Å². The lowest BCUT2D eigenvalue weighted by Gasteiger charge is -1.99. The van der Waals surface area contributed by atoms with Gasteiger partial charge in [0.15, 0.2) is 0 Å².